The molecule has 0 aromatic heterocycles. The van der Waals surface area contributed by atoms with Crippen molar-refractivity contribution in [3.8, 4) is 0 Å². The molecule has 0 aromatic carbocycles. The molecule has 2 rings (SSSR count). The van der Waals surface area contributed by atoms with Crippen LogP contribution in [-0.4, -0.2) is 36.5 Å². The lowest BCUT2D eigenvalue weighted by Crippen LogP contribution is -2.41. The Balaban J connectivity index is 1.61. The second kappa shape index (κ2) is 4.97. The maximum Gasteiger partial charge on any atom is 0.236 e. The van der Waals surface area contributed by atoms with Crippen LogP contribution >= 0.6 is 0 Å². The van der Waals surface area contributed by atoms with E-state index >= 15 is 0 Å². The van der Waals surface area contributed by atoms with Crippen molar-refractivity contribution in [3.05, 3.63) is 0 Å². The molecule has 0 saturated heterocycles. The lowest BCUT2D eigenvalue weighted by molar-refractivity contribution is -0.130. The Morgan fingerprint density at radius 2 is 2.07 bits per heavy atom. The molecule has 2 aliphatic rings. The molecule has 0 radical (unpaired) electrons. The minimum Gasteiger partial charge on any atom is -0.339 e. The van der Waals surface area contributed by atoms with Crippen molar-refractivity contribution in [2.24, 2.45) is 5.92 Å². The molecule has 0 atom stereocenters. The fourth-order valence-corrected chi connectivity index (χ4v) is 2.21. The molecule has 86 valence electrons. The first-order valence-corrected chi connectivity index (χ1v) is 6.31. The molecule has 2 saturated carbocycles. The third-order valence-corrected chi connectivity index (χ3v) is 3.58. The van der Waals surface area contributed by atoms with Crippen LogP contribution in [0, 0.1) is 5.92 Å². The number of nitrogens with zero attached hydrogens (tertiary/aromatic N) is 1. The SMILES string of the molecule is CCN(C(=O)CNCC1CCC1)C1CC1. The Morgan fingerprint density at radius 1 is 1.33 bits per heavy atom. The summed E-state index contributed by atoms with van der Waals surface area (Å²) >= 11 is 0. The van der Waals surface area contributed by atoms with Crippen LogP contribution in [0.15, 0.2) is 0 Å². The number of hydrogen-bond acceptors (Lipinski definition) is 2. The summed E-state index contributed by atoms with van der Waals surface area (Å²) < 4.78 is 0. The summed E-state index contributed by atoms with van der Waals surface area (Å²) in [6, 6.07) is 0.563. The normalized spacial score (nSPS) is 21.1. The smallest absolute Gasteiger partial charge is 0.236 e. The predicted octanol–water partition coefficient (Wildman–Crippen LogP) is 1.39. The van der Waals surface area contributed by atoms with Gasteiger partial charge in [-0.05, 0) is 45.1 Å². The van der Waals surface area contributed by atoms with Gasteiger partial charge in [-0.3, -0.25) is 4.79 Å². The highest BCUT2D eigenvalue weighted by Gasteiger charge is 2.30. The Morgan fingerprint density at radius 3 is 2.53 bits per heavy atom. The maximum absolute atomic E-state index is 11.8. The first-order chi connectivity index (χ1) is 7.31. The zero-order valence-corrected chi connectivity index (χ0v) is 9.67. The van der Waals surface area contributed by atoms with Crippen LogP contribution in [0.1, 0.15) is 39.0 Å². The third kappa shape index (κ3) is 2.94. The van der Waals surface area contributed by atoms with Gasteiger partial charge in [0.1, 0.15) is 0 Å². The monoisotopic (exact) mass is 210 g/mol. The number of amides is 1. The lowest BCUT2D eigenvalue weighted by atomic mass is 9.85. The highest BCUT2D eigenvalue weighted by molar-refractivity contribution is 5.78. The topological polar surface area (TPSA) is 32.3 Å². The van der Waals surface area contributed by atoms with Crippen LogP contribution in [0.3, 0.4) is 0 Å². The van der Waals surface area contributed by atoms with Gasteiger partial charge in [0.15, 0.2) is 0 Å². The molecule has 2 aliphatic carbocycles. The van der Waals surface area contributed by atoms with E-state index in [0.717, 1.165) is 19.0 Å². The number of hydrogen-bond donors (Lipinski definition) is 1. The van der Waals surface area contributed by atoms with E-state index in [4.69, 9.17) is 0 Å². The van der Waals surface area contributed by atoms with Gasteiger partial charge in [-0.15, -0.1) is 0 Å². The van der Waals surface area contributed by atoms with Crippen molar-refractivity contribution in [3.63, 3.8) is 0 Å². The van der Waals surface area contributed by atoms with Gasteiger partial charge < -0.3 is 10.2 Å². The van der Waals surface area contributed by atoms with E-state index in [9.17, 15) is 4.79 Å². The highest BCUT2D eigenvalue weighted by atomic mass is 16.2. The summed E-state index contributed by atoms with van der Waals surface area (Å²) in [4.78, 5) is 13.8. The standard InChI is InChI=1S/C12H22N2O/c1-2-14(11-6-7-11)12(15)9-13-8-10-4-3-5-10/h10-11,13H,2-9H2,1H3. The number of likely N-dealkylation sites (N-methyl/N-ethyl adjacent to an activating group) is 1. The second-order valence-corrected chi connectivity index (χ2v) is 4.84. The van der Waals surface area contributed by atoms with E-state index in [2.05, 4.69) is 12.2 Å². The van der Waals surface area contributed by atoms with Crippen LogP contribution < -0.4 is 5.32 Å². The van der Waals surface area contributed by atoms with Crippen molar-refractivity contribution in [2.75, 3.05) is 19.6 Å². The van der Waals surface area contributed by atoms with Crippen LogP contribution in [0.5, 0.6) is 0 Å². The Bertz CT molecular complexity index is 222. The molecule has 1 N–H and O–H groups in total. The highest BCUT2D eigenvalue weighted by Crippen LogP contribution is 2.27. The summed E-state index contributed by atoms with van der Waals surface area (Å²) in [5, 5.41) is 3.29. The van der Waals surface area contributed by atoms with Gasteiger partial charge in [0.2, 0.25) is 5.91 Å². The molecule has 0 aliphatic heterocycles. The van der Waals surface area contributed by atoms with E-state index in [1.807, 2.05) is 4.90 Å². The average Bonchev–Trinajstić information content (AvgIpc) is 2.94. The fourth-order valence-electron chi connectivity index (χ4n) is 2.21. The first-order valence-electron chi connectivity index (χ1n) is 6.31. The zero-order valence-electron chi connectivity index (χ0n) is 9.67. The minimum absolute atomic E-state index is 0.291. The van der Waals surface area contributed by atoms with Gasteiger partial charge in [0.05, 0.1) is 6.54 Å². The zero-order chi connectivity index (χ0) is 10.7. The molecule has 0 bridgehead atoms. The average molecular weight is 210 g/mol. The first kappa shape index (κ1) is 10.9. The van der Waals surface area contributed by atoms with Crippen LogP contribution in [-0.2, 0) is 4.79 Å². The van der Waals surface area contributed by atoms with Crippen molar-refractivity contribution in [1.29, 1.82) is 0 Å². The summed E-state index contributed by atoms with van der Waals surface area (Å²) in [7, 11) is 0. The Labute approximate surface area is 92.2 Å². The molecule has 3 nitrogen and oxygen atoms in total. The van der Waals surface area contributed by atoms with Crippen molar-refractivity contribution >= 4 is 5.91 Å². The number of rotatable bonds is 6. The van der Waals surface area contributed by atoms with Gasteiger partial charge >= 0.3 is 0 Å². The second-order valence-electron chi connectivity index (χ2n) is 4.84. The summed E-state index contributed by atoms with van der Waals surface area (Å²) in [5.74, 6) is 1.13. The molecule has 2 fully saturated rings. The summed E-state index contributed by atoms with van der Waals surface area (Å²) in [6.45, 7) is 4.52. The van der Waals surface area contributed by atoms with Crippen LogP contribution in [0.2, 0.25) is 0 Å². The number of carbonyl (C=O) groups excluding carboxylic acids is 1. The Kier molecular flexibility index (Phi) is 3.62. The fraction of sp³-hybridized carbons (Fsp3) is 0.917. The van der Waals surface area contributed by atoms with Crippen LogP contribution in [0.4, 0.5) is 0 Å². The molecule has 3 heteroatoms. The molecule has 0 unspecified atom stereocenters. The van der Waals surface area contributed by atoms with Crippen molar-refractivity contribution < 1.29 is 4.79 Å². The molecular weight excluding hydrogens is 188 g/mol. The number of nitrogens with one attached hydrogen (secondary N) is 1. The molecule has 0 heterocycles. The van der Waals surface area contributed by atoms with Gasteiger partial charge in [-0.25, -0.2) is 0 Å². The quantitative estimate of drug-likeness (QED) is 0.718. The summed E-state index contributed by atoms with van der Waals surface area (Å²) in [6.07, 6.45) is 6.50. The van der Waals surface area contributed by atoms with Gasteiger partial charge in [0.25, 0.3) is 0 Å². The number of carbonyl (C=O) groups is 1. The van der Waals surface area contributed by atoms with E-state index in [-0.39, 0.29) is 0 Å². The molecular formula is C12H22N2O. The largest absolute Gasteiger partial charge is 0.339 e. The van der Waals surface area contributed by atoms with Gasteiger partial charge in [-0.1, -0.05) is 6.42 Å². The molecule has 0 aromatic rings. The minimum atomic E-state index is 0.291. The van der Waals surface area contributed by atoms with Crippen molar-refractivity contribution in [2.45, 2.75) is 45.1 Å². The van der Waals surface area contributed by atoms with E-state index in [1.54, 1.807) is 0 Å². The van der Waals surface area contributed by atoms with Gasteiger partial charge in [-0.2, -0.15) is 0 Å². The van der Waals surface area contributed by atoms with E-state index in [0.29, 0.717) is 18.5 Å². The summed E-state index contributed by atoms with van der Waals surface area (Å²) in [5.41, 5.74) is 0. The maximum atomic E-state index is 11.8. The van der Waals surface area contributed by atoms with E-state index in [1.165, 1.54) is 32.1 Å². The van der Waals surface area contributed by atoms with Gasteiger partial charge in [0, 0.05) is 12.6 Å². The molecule has 1 amide bonds. The van der Waals surface area contributed by atoms with Crippen LogP contribution in [0.25, 0.3) is 0 Å². The lowest BCUT2D eigenvalue weighted by Gasteiger charge is -2.26. The molecule has 15 heavy (non-hydrogen) atoms. The van der Waals surface area contributed by atoms with Crippen molar-refractivity contribution in [1.82, 2.24) is 10.2 Å². The van der Waals surface area contributed by atoms with E-state index < -0.39 is 0 Å². The Hall–Kier alpha value is -0.570. The predicted molar refractivity (Wildman–Crippen MR) is 60.6 cm³/mol. The molecule has 0 spiro atoms. The third-order valence-electron chi connectivity index (χ3n) is 3.58.